The molecular formula is C25H26N8. The highest BCUT2D eigenvalue weighted by atomic mass is 15.2. The highest BCUT2D eigenvalue weighted by Gasteiger charge is 2.22. The van der Waals surface area contributed by atoms with E-state index in [-0.39, 0.29) is 6.04 Å². The van der Waals surface area contributed by atoms with Crippen molar-refractivity contribution in [3.63, 3.8) is 0 Å². The monoisotopic (exact) mass is 438 g/mol. The average Bonchev–Trinajstić information content (AvgIpc) is 3.20. The molecule has 0 aliphatic carbocycles. The highest BCUT2D eigenvalue weighted by molar-refractivity contribution is 5.94. The van der Waals surface area contributed by atoms with Gasteiger partial charge in [0.1, 0.15) is 5.82 Å². The molecule has 1 aliphatic rings. The molecule has 3 aromatic heterocycles. The van der Waals surface area contributed by atoms with Gasteiger partial charge in [0.05, 0.1) is 47.6 Å². The number of benzene rings is 1. The lowest BCUT2D eigenvalue weighted by atomic mass is 9.98. The maximum atomic E-state index is 9.40. The number of fused-ring (bicyclic) bond motifs is 2. The van der Waals surface area contributed by atoms with Gasteiger partial charge in [-0.15, -0.1) is 5.10 Å². The molecule has 1 aromatic carbocycles. The third-order valence-corrected chi connectivity index (χ3v) is 6.58. The SMILES string of the molecule is Cc1c(C#N)cccc1[C@@H](C)Nc1nnc(C)c2cnc(N3CCc4ncn(C)c4C3)cc12. The molecule has 0 radical (unpaired) electrons. The third kappa shape index (κ3) is 3.65. The van der Waals surface area contributed by atoms with Crippen LogP contribution in [0.4, 0.5) is 11.6 Å². The van der Waals surface area contributed by atoms with Crippen LogP contribution in [0.5, 0.6) is 0 Å². The minimum atomic E-state index is -0.0397. The van der Waals surface area contributed by atoms with Gasteiger partial charge in [-0.2, -0.15) is 10.4 Å². The Morgan fingerprint density at radius 1 is 1.15 bits per heavy atom. The molecule has 0 spiro atoms. The van der Waals surface area contributed by atoms with E-state index in [2.05, 4.69) is 49.0 Å². The van der Waals surface area contributed by atoms with Gasteiger partial charge in [-0.05, 0) is 44.0 Å². The quantitative estimate of drug-likeness (QED) is 0.515. The lowest BCUT2D eigenvalue weighted by molar-refractivity contribution is 0.673. The topological polar surface area (TPSA) is 95.6 Å². The van der Waals surface area contributed by atoms with E-state index < -0.39 is 0 Å². The van der Waals surface area contributed by atoms with E-state index in [1.165, 1.54) is 11.4 Å². The Bertz CT molecular complexity index is 1400. The van der Waals surface area contributed by atoms with Gasteiger partial charge >= 0.3 is 0 Å². The van der Waals surface area contributed by atoms with Crippen molar-refractivity contribution in [3.8, 4) is 6.07 Å². The number of rotatable bonds is 4. The number of aryl methyl sites for hydroxylation is 2. The van der Waals surface area contributed by atoms with E-state index in [9.17, 15) is 5.26 Å². The fourth-order valence-electron chi connectivity index (χ4n) is 4.58. The van der Waals surface area contributed by atoms with E-state index >= 15 is 0 Å². The van der Waals surface area contributed by atoms with Gasteiger partial charge in [0.15, 0.2) is 5.82 Å². The summed E-state index contributed by atoms with van der Waals surface area (Å²) < 4.78 is 2.09. The van der Waals surface area contributed by atoms with E-state index in [0.717, 1.165) is 52.9 Å². The second kappa shape index (κ2) is 8.17. The largest absolute Gasteiger partial charge is 0.362 e. The fraction of sp³-hybridized carbons (Fsp3) is 0.320. The lowest BCUT2D eigenvalue weighted by Crippen LogP contribution is -2.32. The van der Waals surface area contributed by atoms with Crippen molar-refractivity contribution < 1.29 is 0 Å². The summed E-state index contributed by atoms with van der Waals surface area (Å²) in [5, 5.41) is 23.7. The van der Waals surface area contributed by atoms with Crippen LogP contribution in [0.3, 0.4) is 0 Å². The molecular weight excluding hydrogens is 412 g/mol. The van der Waals surface area contributed by atoms with Crippen molar-refractivity contribution in [1.29, 1.82) is 5.26 Å². The molecule has 8 nitrogen and oxygen atoms in total. The van der Waals surface area contributed by atoms with Crippen molar-refractivity contribution >= 4 is 22.4 Å². The maximum absolute atomic E-state index is 9.40. The van der Waals surface area contributed by atoms with Crippen LogP contribution in [0.15, 0.2) is 36.8 Å². The van der Waals surface area contributed by atoms with Crippen LogP contribution < -0.4 is 10.2 Å². The van der Waals surface area contributed by atoms with E-state index in [0.29, 0.717) is 11.4 Å². The van der Waals surface area contributed by atoms with Gasteiger partial charge < -0.3 is 14.8 Å². The Hall–Kier alpha value is -3.99. The molecule has 1 N–H and O–H groups in total. The van der Waals surface area contributed by atoms with Crippen molar-refractivity contribution in [2.45, 2.75) is 39.8 Å². The lowest BCUT2D eigenvalue weighted by Gasteiger charge is -2.28. The molecule has 1 atom stereocenters. The Labute approximate surface area is 192 Å². The minimum absolute atomic E-state index is 0.0397. The fourth-order valence-corrected chi connectivity index (χ4v) is 4.58. The summed E-state index contributed by atoms with van der Waals surface area (Å²) >= 11 is 0. The number of aromatic nitrogens is 5. The molecule has 0 saturated carbocycles. The van der Waals surface area contributed by atoms with Crippen LogP contribution in [0, 0.1) is 25.2 Å². The zero-order chi connectivity index (χ0) is 23.1. The Kier molecular flexibility index (Phi) is 5.17. The van der Waals surface area contributed by atoms with Crippen molar-refractivity contribution in [3.05, 3.63) is 70.6 Å². The van der Waals surface area contributed by atoms with Gasteiger partial charge in [0, 0.05) is 37.0 Å². The Balaban J connectivity index is 1.51. The Morgan fingerprint density at radius 2 is 2.00 bits per heavy atom. The molecule has 1 aliphatic heterocycles. The molecule has 4 heterocycles. The van der Waals surface area contributed by atoms with Crippen LogP contribution in [0.25, 0.3) is 10.8 Å². The number of hydrogen-bond donors (Lipinski definition) is 1. The molecule has 0 saturated heterocycles. The summed E-state index contributed by atoms with van der Waals surface area (Å²) in [6.45, 7) is 7.66. The molecule has 33 heavy (non-hydrogen) atoms. The van der Waals surface area contributed by atoms with Crippen LogP contribution in [0.1, 0.15) is 46.7 Å². The third-order valence-electron chi connectivity index (χ3n) is 6.58. The first-order valence-electron chi connectivity index (χ1n) is 11.1. The number of nitrogens with one attached hydrogen (secondary N) is 1. The number of anilines is 2. The molecule has 0 unspecified atom stereocenters. The first-order valence-corrected chi connectivity index (χ1v) is 11.1. The number of nitrogens with zero attached hydrogens (tertiary/aromatic N) is 7. The average molecular weight is 439 g/mol. The van der Waals surface area contributed by atoms with Crippen molar-refractivity contribution in [2.24, 2.45) is 7.05 Å². The normalized spacial score (nSPS) is 14.1. The summed E-state index contributed by atoms with van der Waals surface area (Å²) in [7, 11) is 2.04. The van der Waals surface area contributed by atoms with Crippen molar-refractivity contribution in [1.82, 2.24) is 24.7 Å². The zero-order valence-electron chi connectivity index (χ0n) is 19.3. The summed E-state index contributed by atoms with van der Waals surface area (Å²) in [5.74, 6) is 1.63. The molecule has 166 valence electrons. The molecule has 0 bridgehead atoms. The van der Waals surface area contributed by atoms with Gasteiger partial charge in [-0.3, -0.25) is 0 Å². The van der Waals surface area contributed by atoms with Crippen LogP contribution in [0.2, 0.25) is 0 Å². The summed E-state index contributed by atoms with van der Waals surface area (Å²) in [6.07, 6.45) is 4.68. The molecule has 5 rings (SSSR count). The van der Waals surface area contributed by atoms with E-state index in [4.69, 9.17) is 4.98 Å². The van der Waals surface area contributed by atoms with Gasteiger partial charge in [0.2, 0.25) is 0 Å². The molecule has 0 fully saturated rings. The van der Waals surface area contributed by atoms with Crippen LogP contribution >= 0.6 is 0 Å². The predicted molar refractivity (Wildman–Crippen MR) is 128 cm³/mol. The first-order chi connectivity index (χ1) is 16.0. The standard InChI is InChI=1S/C25H26N8/c1-15-18(11-26)6-5-7-19(15)16(2)29-25-20-10-24(27-12-21(20)17(3)30-31-25)33-9-8-22-23(13-33)32(4)14-28-22/h5-7,10,12,14,16H,8-9,13H2,1-4H3,(H,29,31)/t16-/m1/s1. The molecule has 4 aromatic rings. The minimum Gasteiger partial charge on any atom is -0.362 e. The number of pyridine rings is 1. The maximum Gasteiger partial charge on any atom is 0.157 e. The predicted octanol–water partition coefficient (Wildman–Crippen LogP) is 3.98. The molecule has 8 heteroatoms. The Morgan fingerprint density at radius 3 is 2.82 bits per heavy atom. The van der Waals surface area contributed by atoms with Crippen LogP contribution in [-0.2, 0) is 20.0 Å². The first kappa shape index (κ1) is 20.9. The number of nitriles is 1. The van der Waals surface area contributed by atoms with Crippen LogP contribution in [-0.4, -0.2) is 31.3 Å². The smallest absolute Gasteiger partial charge is 0.157 e. The zero-order valence-corrected chi connectivity index (χ0v) is 19.3. The summed E-state index contributed by atoms with van der Waals surface area (Å²) in [6, 6.07) is 10.1. The second-order valence-electron chi connectivity index (χ2n) is 8.64. The van der Waals surface area contributed by atoms with E-state index in [1.807, 2.05) is 51.6 Å². The van der Waals surface area contributed by atoms with Gasteiger partial charge in [-0.1, -0.05) is 12.1 Å². The number of imidazole rings is 1. The second-order valence-corrected chi connectivity index (χ2v) is 8.64. The summed E-state index contributed by atoms with van der Waals surface area (Å²) in [4.78, 5) is 11.6. The summed E-state index contributed by atoms with van der Waals surface area (Å²) in [5.41, 5.74) is 5.98. The van der Waals surface area contributed by atoms with Crippen molar-refractivity contribution in [2.75, 3.05) is 16.8 Å². The number of hydrogen-bond acceptors (Lipinski definition) is 7. The molecule has 0 amide bonds. The highest BCUT2D eigenvalue weighted by Crippen LogP contribution is 2.31. The van der Waals surface area contributed by atoms with E-state index in [1.54, 1.807) is 0 Å². The van der Waals surface area contributed by atoms with Gasteiger partial charge in [-0.25, -0.2) is 9.97 Å². The van der Waals surface area contributed by atoms with Gasteiger partial charge in [0.25, 0.3) is 0 Å².